The van der Waals surface area contributed by atoms with Crippen LogP contribution in [0.3, 0.4) is 0 Å². The Kier molecular flexibility index (Phi) is 3.54. The van der Waals surface area contributed by atoms with Crippen LogP contribution in [0.1, 0.15) is 5.69 Å². The van der Waals surface area contributed by atoms with E-state index in [9.17, 15) is 0 Å². The lowest BCUT2D eigenvalue weighted by atomic mass is 10.3. The zero-order valence-electron chi connectivity index (χ0n) is 9.56. The van der Waals surface area contributed by atoms with Crippen LogP contribution in [-0.2, 0) is 13.5 Å². The summed E-state index contributed by atoms with van der Waals surface area (Å²) < 4.78 is 7.21. The molecule has 0 spiro atoms. The lowest BCUT2D eigenvalue weighted by molar-refractivity contribution is 0.320. The van der Waals surface area contributed by atoms with Gasteiger partial charge in [-0.3, -0.25) is 4.68 Å². The van der Waals surface area contributed by atoms with E-state index in [4.69, 9.17) is 22.1 Å². The second-order valence-electron chi connectivity index (χ2n) is 3.71. The van der Waals surface area contributed by atoms with Gasteiger partial charge in [-0.15, -0.1) is 0 Å². The summed E-state index contributed by atoms with van der Waals surface area (Å²) in [5.41, 5.74) is 6.60. The number of nitrogen functional groups attached to an aromatic ring is 1. The van der Waals surface area contributed by atoms with Crippen LogP contribution in [0.4, 0.5) is 5.82 Å². The maximum absolute atomic E-state index is 5.97. The highest BCUT2D eigenvalue weighted by Crippen LogP contribution is 2.23. The van der Waals surface area contributed by atoms with Gasteiger partial charge >= 0.3 is 0 Å². The van der Waals surface area contributed by atoms with Gasteiger partial charge in [-0.25, -0.2) is 0 Å². The molecular formula is C12H14ClN3O. The van der Waals surface area contributed by atoms with Crippen LogP contribution in [0.15, 0.2) is 30.3 Å². The molecule has 0 aliphatic carbocycles. The number of halogens is 1. The minimum Gasteiger partial charge on any atom is -0.492 e. The number of hydrogen-bond donors (Lipinski definition) is 1. The van der Waals surface area contributed by atoms with Crippen molar-refractivity contribution in [2.24, 2.45) is 7.05 Å². The van der Waals surface area contributed by atoms with Crippen LogP contribution in [0.25, 0.3) is 0 Å². The van der Waals surface area contributed by atoms with Crippen molar-refractivity contribution < 1.29 is 4.74 Å². The summed E-state index contributed by atoms with van der Waals surface area (Å²) in [5, 5.41) is 4.86. The summed E-state index contributed by atoms with van der Waals surface area (Å²) in [6, 6.07) is 9.25. The summed E-state index contributed by atoms with van der Waals surface area (Å²) in [6.07, 6.45) is 0.705. The fourth-order valence-electron chi connectivity index (χ4n) is 1.49. The highest BCUT2D eigenvalue weighted by atomic mass is 35.5. The van der Waals surface area contributed by atoms with Gasteiger partial charge in [0.05, 0.1) is 17.3 Å². The van der Waals surface area contributed by atoms with Gasteiger partial charge in [0.2, 0.25) is 0 Å². The number of aromatic nitrogens is 2. The molecule has 0 atom stereocenters. The number of aryl methyl sites for hydroxylation is 1. The molecule has 17 heavy (non-hydrogen) atoms. The molecule has 0 aliphatic rings. The Labute approximate surface area is 105 Å². The van der Waals surface area contributed by atoms with Crippen molar-refractivity contribution in [2.45, 2.75) is 6.42 Å². The molecule has 5 heteroatoms. The van der Waals surface area contributed by atoms with Crippen LogP contribution in [0, 0.1) is 0 Å². The molecule has 90 valence electrons. The molecule has 0 amide bonds. The zero-order chi connectivity index (χ0) is 12.3. The highest BCUT2D eigenvalue weighted by Gasteiger charge is 2.03. The average molecular weight is 252 g/mol. The first-order chi connectivity index (χ1) is 8.16. The lowest BCUT2D eigenvalue weighted by Crippen LogP contribution is -2.03. The molecule has 4 nitrogen and oxygen atoms in total. The summed E-state index contributed by atoms with van der Waals surface area (Å²) in [6.45, 7) is 0.528. The monoisotopic (exact) mass is 251 g/mol. The molecule has 0 unspecified atom stereocenters. The molecule has 2 rings (SSSR count). The predicted molar refractivity (Wildman–Crippen MR) is 68.3 cm³/mol. The van der Waals surface area contributed by atoms with E-state index in [1.807, 2.05) is 31.3 Å². The van der Waals surface area contributed by atoms with Gasteiger partial charge in [-0.05, 0) is 12.1 Å². The zero-order valence-corrected chi connectivity index (χ0v) is 10.3. The van der Waals surface area contributed by atoms with Crippen LogP contribution in [0.5, 0.6) is 5.75 Å². The number of ether oxygens (including phenoxy) is 1. The molecule has 0 saturated heterocycles. The summed E-state index contributed by atoms with van der Waals surface area (Å²) in [5.74, 6) is 1.34. The number of nitrogens with zero attached hydrogens (tertiary/aromatic N) is 2. The normalized spacial score (nSPS) is 10.5. The molecule has 1 aromatic heterocycles. The molecule has 0 aliphatic heterocycles. The SMILES string of the molecule is Cn1nc(CCOc2ccccc2Cl)cc1N. The molecule has 2 aromatic rings. The van der Waals surface area contributed by atoms with Gasteiger partial charge in [-0.2, -0.15) is 5.10 Å². The van der Waals surface area contributed by atoms with E-state index < -0.39 is 0 Å². The topological polar surface area (TPSA) is 53.1 Å². The summed E-state index contributed by atoms with van der Waals surface area (Å²) in [7, 11) is 1.81. The van der Waals surface area contributed by atoms with E-state index in [-0.39, 0.29) is 0 Å². The van der Waals surface area contributed by atoms with E-state index in [0.717, 1.165) is 5.69 Å². The van der Waals surface area contributed by atoms with Crippen molar-refractivity contribution in [1.82, 2.24) is 9.78 Å². The standard InChI is InChI=1S/C12H14ClN3O/c1-16-12(14)8-9(15-16)6-7-17-11-5-3-2-4-10(11)13/h2-5,8H,6-7,14H2,1H3. The predicted octanol–water partition coefficient (Wildman–Crippen LogP) is 2.28. The second-order valence-corrected chi connectivity index (χ2v) is 4.12. The van der Waals surface area contributed by atoms with Gasteiger partial charge in [0.25, 0.3) is 0 Å². The van der Waals surface area contributed by atoms with Crippen LogP contribution < -0.4 is 10.5 Å². The van der Waals surface area contributed by atoms with Crippen LogP contribution in [-0.4, -0.2) is 16.4 Å². The number of rotatable bonds is 4. The van der Waals surface area contributed by atoms with Crippen molar-refractivity contribution in [2.75, 3.05) is 12.3 Å². The average Bonchev–Trinajstić information content (AvgIpc) is 2.61. The number of benzene rings is 1. The molecule has 0 radical (unpaired) electrons. The van der Waals surface area contributed by atoms with Crippen molar-refractivity contribution >= 4 is 17.4 Å². The van der Waals surface area contributed by atoms with Crippen molar-refractivity contribution in [3.63, 3.8) is 0 Å². The molecule has 0 saturated carbocycles. The fraction of sp³-hybridized carbons (Fsp3) is 0.250. The maximum Gasteiger partial charge on any atom is 0.137 e. The Morgan fingerprint density at radius 2 is 2.18 bits per heavy atom. The Hall–Kier alpha value is -1.68. The Bertz CT molecular complexity index is 491. The molecule has 1 aromatic carbocycles. The first-order valence-electron chi connectivity index (χ1n) is 5.32. The summed E-state index contributed by atoms with van der Waals surface area (Å²) >= 11 is 5.97. The minimum absolute atomic E-state index is 0.528. The molecule has 2 N–H and O–H groups in total. The smallest absolute Gasteiger partial charge is 0.137 e. The number of anilines is 1. The second kappa shape index (κ2) is 5.10. The fourth-order valence-corrected chi connectivity index (χ4v) is 1.68. The Balaban J connectivity index is 1.90. The third-order valence-electron chi connectivity index (χ3n) is 2.42. The van der Waals surface area contributed by atoms with Crippen LogP contribution >= 0.6 is 11.6 Å². The number of para-hydroxylation sites is 1. The van der Waals surface area contributed by atoms with E-state index >= 15 is 0 Å². The molecule has 1 heterocycles. The van der Waals surface area contributed by atoms with Crippen molar-refractivity contribution in [3.8, 4) is 5.75 Å². The molecular weight excluding hydrogens is 238 g/mol. The Morgan fingerprint density at radius 3 is 2.82 bits per heavy atom. The van der Waals surface area contributed by atoms with E-state index in [0.29, 0.717) is 29.6 Å². The van der Waals surface area contributed by atoms with Crippen LogP contribution in [0.2, 0.25) is 5.02 Å². The van der Waals surface area contributed by atoms with Crippen molar-refractivity contribution in [1.29, 1.82) is 0 Å². The van der Waals surface area contributed by atoms with Gasteiger partial charge < -0.3 is 10.5 Å². The highest BCUT2D eigenvalue weighted by molar-refractivity contribution is 6.32. The third-order valence-corrected chi connectivity index (χ3v) is 2.73. The third kappa shape index (κ3) is 2.91. The minimum atomic E-state index is 0.528. The van der Waals surface area contributed by atoms with Crippen molar-refractivity contribution in [3.05, 3.63) is 41.0 Å². The van der Waals surface area contributed by atoms with Gasteiger partial charge in [0, 0.05) is 19.5 Å². The van der Waals surface area contributed by atoms with Gasteiger partial charge in [0.1, 0.15) is 11.6 Å². The number of hydrogen-bond acceptors (Lipinski definition) is 3. The van der Waals surface area contributed by atoms with Gasteiger partial charge in [0.15, 0.2) is 0 Å². The van der Waals surface area contributed by atoms with Gasteiger partial charge in [-0.1, -0.05) is 23.7 Å². The first kappa shape index (κ1) is 11.8. The Morgan fingerprint density at radius 1 is 1.41 bits per heavy atom. The first-order valence-corrected chi connectivity index (χ1v) is 5.70. The van der Waals surface area contributed by atoms with E-state index in [1.165, 1.54) is 0 Å². The number of nitrogens with two attached hydrogens (primary N) is 1. The van der Waals surface area contributed by atoms with E-state index in [1.54, 1.807) is 10.7 Å². The summed E-state index contributed by atoms with van der Waals surface area (Å²) in [4.78, 5) is 0. The lowest BCUT2D eigenvalue weighted by Gasteiger charge is -2.06. The maximum atomic E-state index is 5.97. The quantitative estimate of drug-likeness (QED) is 0.907. The van der Waals surface area contributed by atoms with E-state index in [2.05, 4.69) is 5.10 Å². The molecule has 0 fully saturated rings. The molecule has 0 bridgehead atoms. The largest absolute Gasteiger partial charge is 0.492 e.